The van der Waals surface area contributed by atoms with Gasteiger partial charge in [0.1, 0.15) is 0 Å². The molecular formula is C16H23N3S. The Hall–Kier alpha value is -1.23. The van der Waals surface area contributed by atoms with Gasteiger partial charge in [-0.2, -0.15) is 0 Å². The van der Waals surface area contributed by atoms with Crippen molar-refractivity contribution in [3.63, 3.8) is 0 Å². The van der Waals surface area contributed by atoms with Crippen LogP contribution in [0.5, 0.6) is 0 Å². The number of thiophene rings is 1. The predicted molar refractivity (Wildman–Crippen MR) is 85.9 cm³/mol. The third-order valence-corrected chi connectivity index (χ3v) is 4.63. The van der Waals surface area contributed by atoms with Crippen molar-refractivity contribution in [1.29, 1.82) is 0 Å². The van der Waals surface area contributed by atoms with Crippen molar-refractivity contribution in [3.8, 4) is 0 Å². The summed E-state index contributed by atoms with van der Waals surface area (Å²) < 4.78 is 0. The predicted octanol–water partition coefficient (Wildman–Crippen LogP) is 3.10. The molecular weight excluding hydrogens is 266 g/mol. The number of likely N-dealkylation sites (N-methyl/N-ethyl adjacent to an activating group) is 1. The number of hydrogen-bond donors (Lipinski definition) is 1. The fraction of sp³-hybridized carbons (Fsp3) is 0.438. The molecule has 2 rings (SSSR count). The van der Waals surface area contributed by atoms with Crippen LogP contribution in [-0.2, 0) is 6.42 Å². The lowest BCUT2D eigenvalue weighted by Crippen LogP contribution is -2.39. The summed E-state index contributed by atoms with van der Waals surface area (Å²) >= 11 is 1.82. The zero-order valence-corrected chi connectivity index (χ0v) is 13.0. The highest BCUT2D eigenvalue weighted by atomic mass is 32.1. The van der Waals surface area contributed by atoms with E-state index in [2.05, 4.69) is 53.5 Å². The van der Waals surface area contributed by atoms with Crippen molar-refractivity contribution < 1.29 is 0 Å². The maximum absolute atomic E-state index is 6.34. The van der Waals surface area contributed by atoms with Crippen LogP contribution in [-0.4, -0.2) is 29.5 Å². The molecule has 0 amide bonds. The summed E-state index contributed by atoms with van der Waals surface area (Å²) in [5.41, 5.74) is 7.59. The minimum Gasteiger partial charge on any atom is -0.326 e. The van der Waals surface area contributed by atoms with Crippen molar-refractivity contribution in [1.82, 2.24) is 9.88 Å². The zero-order valence-electron chi connectivity index (χ0n) is 12.2. The van der Waals surface area contributed by atoms with Crippen LogP contribution in [0.4, 0.5) is 0 Å². The quantitative estimate of drug-likeness (QED) is 0.851. The van der Waals surface area contributed by atoms with Crippen LogP contribution in [0.3, 0.4) is 0 Å². The third-order valence-electron chi connectivity index (χ3n) is 3.69. The monoisotopic (exact) mass is 289 g/mol. The lowest BCUT2D eigenvalue weighted by Gasteiger charge is -2.32. The summed E-state index contributed by atoms with van der Waals surface area (Å²) in [6.07, 6.45) is 5.73. The first-order valence-corrected chi connectivity index (χ1v) is 7.98. The molecule has 2 unspecified atom stereocenters. The molecule has 108 valence electrons. The van der Waals surface area contributed by atoms with Gasteiger partial charge in [-0.3, -0.25) is 9.88 Å². The molecule has 4 heteroatoms. The summed E-state index contributed by atoms with van der Waals surface area (Å²) in [4.78, 5) is 7.89. The average molecular weight is 289 g/mol. The summed E-state index contributed by atoms with van der Waals surface area (Å²) in [6, 6.07) is 8.84. The maximum atomic E-state index is 6.34. The number of rotatable bonds is 7. The van der Waals surface area contributed by atoms with Gasteiger partial charge in [0, 0.05) is 35.9 Å². The van der Waals surface area contributed by atoms with Crippen LogP contribution in [0.15, 0.2) is 42.0 Å². The fourth-order valence-electron chi connectivity index (χ4n) is 2.49. The van der Waals surface area contributed by atoms with E-state index in [1.807, 2.05) is 23.7 Å². The van der Waals surface area contributed by atoms with Gasteiger partial charge in [0.05, 0.1) is 0 Å². The molecule has 0 saturated heterocycles. The molecule has 0 aliphatic carbocycles. The first-order valence-electron chi connectivity index (χ1n) is 7.10. The molecule has 0 aromatic carbocycles. The minimum atomic E-state index is 0.144. The van der Waals surface area contributed by atoms with E-state index in [1.54, 1.807) is 0 Å². The molecule has 2 N–H and O–H groups in total. The van der Waals surface area contributed by atoms with E-state index in [-0.39, 0.29) is 12.1 Å². The van der Waals surface area contributed by atoms with Crippen LogP contribution in [0.1, 0.15) is 29.8 Å². The molecule has 0 aliphatic rings. The Morgan fingerprint density at radius 2 is 2.05 bits per heavy atom. The summed E-state index contributed by atoms with van der Waals surface area (Å²) in [5.74, 6) is 0. The van der Waals surface area contributed by atoms with E-state index in [1.165, 1.54) is 10.4 Å². The number of nitrogens with zero attached hydrogens (tertiary/aromatic N) is 2. The van der Waals surface area contributed by atoms with Crippen LogP contribution in [0.2, 0.25) is 0 Å². The van der Waals surface area contributed by atoms with E-state index in [0.717, 1.165) is 19.4 Å². The molecule has 2 atom stereocenters. The van der Waals surface area contributed by atoms with Gasteiger partial charge < -0.3 is 5.73 Å². The van der Waals surface area contributed by atoms with E-state index in [4.69, 9.17) is 5.73 Å². The van der Waals surface area contributed by atoms with Gasteiger partial charge in [0.15, 0.2) is 0 Å². The molecule has 2 aromatic rings. The van der Waals surface area contributed by atoms with Crippen LogP contribution in [0, 0.1) is 0 Å². The molecule has 3 nitrogen and oxygen atoms in total. The van der Waals surface area contributed by atoms with Gasteiger partial charge in [-0.05, 0) is 49.0 Å². The average Bonchev–Trinajstić information content (AvgIpc) is 2.99. The van der Waals surface area contributed by atoms with Crippen molar-refractivity contribution >= 4 is 11.3 Å². The molecule has 20 heavy (non-hydrogen) atoms. The minimum absolute atomic E-state index is 0.144. The molecule has 0 saturated carbocycles. The lowest BCUT2D eigenvalue weighted by molar-refractivity contribution is 0.212. The molecule has 2 heterocycles. The molecule has 0 aliphatic heterocycles. The summed E-state index contributed by atoms with van der Waals surface area (Å²) in [5, 5.41) is 2.13. The fourth-order valence-corrected chi connectivity index (χ4v) is 3.19. The van der Waals surface area contributed by atoms with Crippen LogP contribution < -0.4 is 5.73 Å². The van der Waals surface area contributed by atoms with E-state index in [0.29, 0.717) is 0 Å². The molecule has 0 bridgehead atoms. The first-order chi connectivity index (χ1) is 9.72. The van der Waals surface area contributed by atoms with Gasteiger partial charge in [0.2, 0.25) is 0 Å². The Bertz CT molecular complexity index is 484. The van der Waals surface area contributed by atoms with Gasteiger partial charge >= 0.3 is 0 Å². The smallest absolute Gasteiger partial charge is 0.0497 e. The number of pyridine rings is 1. The van der Waals surface area contributed by atoms with Gasteiger partial charge in [-0.25, -0.2) is 0 Å². The van der Waals surface area contributed by atoms with E-state index in [9.17, 15) is 0 Å². The van der Waals surface area contributed by atoms with Crippen molar-refractivity contribution in [3.05, 3.63) is 52.5 Å². The molecule has 0 fully saturated rings. The molecule has 0 radical (unpaired) electrons. The summed E-state index contributed by atoms with van der Waals surface area (Å²) in [7, 11) is 2.16. The number of hydrogen-bond acceptors (Lipinski definition) is 4. The Morgan fingerprint density at radius 3 is 2.65 bits per heavy atom. The third kappa shape index (κ3) is 3.88. The van der Waals surface area contributed by atoms with E-state index < -0.39 is 0 Å². The highest BCUT2D eigenvalue weighted by Crippen LogP contribution is 2.24. The topological polar surface area (TPSA) is 42.1 Å². The highest BCUT2D eigenvalue weighted by molar-refractivity contribution is 7.09. The standard InChI is InChI=1S/C16H23N3S/c1-3-15(17)16(13-6-9-18-10-7-13)19(2)11-8-14-5-4-12-20-14/h4-7,9-10,12,15-16H,3,8,11,17H2,1-2H3. The molecule has 2 aromatic heterocycles. The summed E-state index contributed by atoms with van der Waals surface area (Å²) in [6.45, 7) is 3.16. The van der Waals surface area contributed by atoms with Crippen molar-refractivity contribution in [2.75, 3.05) is 13.6 Å². The van der Waals surface area contributed by atoms with Crippen molar-refractivity contribution in [2.24, 2.45) is 5.73 Å². The Morgan fingerprint density at radius 1 is 1.30 bits per heavy atom. The Balaban J connectivity index is 2.06. The van der Waals surface area contributed by atoms with E-state index >= 15 is 0 Å². The lowest BCUT2D eigenvalue weighted by atomic mass is 9.97. The van der Waals surface area contributed by atoms with Gasteiger partial charge in [-0.15, -0.1) is 11.3 Å². The number of aromatic nitrogens is 1. The highest BCUT2D eigenvalue weighted by Gasteiger charge is 2.22. The van der Waals surface area contributed by atoms with Crippen molar-refractivity contribution in [2.45, 2.75) is 31.8 Å². The maximum Gasteiger partial charge on any atom is 0.0497 e. The van der Waals surface area contributed by atoms with Gasteiger partial charge in [-0.1, -0.05) is 13.0 Å². The normalized spacial score (nSPS) is 14.4. The van der Waals surface area contributed by atoms with Crippen LogP contribution in [0.25, 0.3) is 0 Å². The second-order valence-electron chi connectivity index (χ2n) is 5.11. The second-order valence-corrected chi connectivity index (χ2v) is 6.14. The Kier molecular flexibility index (Phi) is 5.71. The second kappa shape index (κ2) is 7.53. The first kappa shape index (κ1) is 15.2. The zero-order chi connectivity index (χ0) is 14.4. The van der Waals surface area contributed by atoms with Gasteiger partial charge in [0.25, 0.3) is 0 Å². The largest absolute Gasteiger partial charge is 0.326 e. The number of nitrogens with two attached hydrogens (primary N) is 1. The molecule has 0 spiro atoms. The Labute approximate surface area is 125 Å². The van der Waals surface area contributed by atoms with Crippen LogP contribution >= 0.6 is 11.3 Å². The SMILES string of the molecule is CCC(N)C(c1ccncc1)N(C)CCc1cccs1.